The summed E-state index contributed by atoms with van der Waals surface area (Å²) in [5, 5.41) is 2.24. The summed E-state index contributed by atoms with van der Waals surface area (Å²) < 4.78 is 46.7. The van der Waals surface area contributed by atoms with Crippen molar-refractivity contribution in [3.05, 3.63) is 41.7 Å². The molecule has 1 saturated carbocycles. The average Bonchev–Trinajstić information content (AvgIpc) is 3.44. The molecule has 0 radical (unpaired) electrons. The number of nitrogens with one attached hydrogen (secondary N) is 2. The molecule has 1 aromatic carbocycles. The maximum atomic E-state index is 13.9. The number of carbonyl (C=O) groups excluding carboxylic acids is 2. The number of amides is 2. The lowest BCUT2D eigenvalue weighted by Gasteiger charge is -2.16. The molecule has 1 unspecified atom stereocenters. The molecule has 30 heavy (non-hydrogen) atoms. The fraction of sp³-hybridized carbons (Fsp3) is 0.524. The highest BCUT2D eigenvalue weighted by Gasteiger charge is 2.29. The van der Waals surface area contributed by atoms with Crippen LogP contribution in [0.2, 0.25) is 0 Å². The lowest BCUT2D eigenvalue weighted by molar-refractivity contribution is -0.125. The van der Waals surface area contributed by atoms with E-state index in [0.717, 1.165) is 12.8 Å². The fourth-order valence-corrected chi connectivity index (χ4v) is 4.43. The minimum Gasteiger partial charge on any atom is -0.490 e. The lowest BCUT2D eigenvalue weighted by atomic mass is 10.0. The van der Waals surface area contributed by atoms with Gasteiger partial charge in [0.15, 0.2) is 11.6 Å². The third-order valence-electron chi connectivity index (χ3n) is 5.19. The Kier molecular flexibility index (Phi) is 7.25. The van der Waals surface area contributed by atoms with Gasteiger partial charge in [0.05, 0.1) is 18.3 Å². The van der Waals surface area contributed by atoms with E-state index in [1.807, 2.05) is 0 Å². The zero-order chi connectivity index (χ0) is 21.7. The highest BCUT2D eigenvalue weighted by Crippen LogP contribution is 2.31. The molecule has 1 aromatic rings. The van der Waals surface area contributed by atoms with Gasteiger partial charge >= 0.3 is 0 Å². The number of sulfonamides is 1. The minimum atomic E-state index is -3.56. The molecule has 164 valence electrons. The van der Waals surface area contributed by atoms with Crippen LogP contribution < -0.4 is 14.8 Å². The first kappa shape index (κ1) is 22.4. The van der Waals surface area contributed by atoms with Crippen molar-refractivity contribution in [2.24, 2.45) is 11.8 Å². The SMILES string of the molecule is C[C@@H](NS(=O)(=O)CC/C=C/CC1CC(=O)NC1=O)c1ccc(F)c(OCC2CC2)c1. The summed E-state index contributed by atoms with van der Waals surface area (Å²) >= 11 is 0. The summed E-state index contributed by atoms with van der Waals surface area (Å²) in [6.45, 7) is 2.17. The van der Waals surface area contributed by atoms with Gasteiger partial charge in [0.2, 0.25) is 21.8 Å². The van der Waals surface area contributed by atoms with Gasteiger partial charge in [-0.1, -0.05) is 18.2 Å². The van der Waals surface area contributed by atoms with Gasteiger partial charge in [-0.05, 0) is 56.2 Å². The second-order valence-corrected chi connectivity index (χ2v) is 9.79. The van der Waals surface area contributed by atoms with E-state index >= 15 is 0 Å². The third-order valence-corrected chi connectivity index (χ3v) is 6.67. The van der Waals surface area contributed by atoms with Crippen LogP contribution >= 0.6 is 0 Å². The number of carbonyl (C=O) groups is 2. The standard InChI is InChI=1S/C21H27FN2O5S/c1-14(16-8-9-18(22)19(11-16)29-13-15-6-7-15)24-30(27,28)10-4-2-3-5-17-12-20(25)23-21(17)26/h2-3,8-9,11,14-15,17,24H,4-7,10,12-13H2,1H3,(H,23,25,26)/b3-2+/t14-,17?/m1/s1. The van der Waals surface area contributed by atoms with Gasteiger partial charge in [-0.3, -0.25) is 14.9 Å². The Morgan fingerprint density at radius 2 is 2.07 bits per heavy atom. The average molecular weight is 439 g/mol. The maximum Gasteiger partial charge on any atom is 0.230 e. The van der Waals surface area contributed by atoms with Crippen molar-refractivity contribution in [1.82, 2.24) is 10.0 Å². The molecular weight excluding hydrogens is 411 g/mol. The van der Waals surface area contributed by atoms with Crippen LogP contribution in [0.15, 0.2) is 30.4 Å². The molecule has 0 spiro atoms. The van der Waals surface area contributed by atoms with E-state index in [4.69, 9.17) is 4.74 Å². The summed E-state index contributed by atoms with van der Waals surface area (Å²) in [6.07, 6.45) is 6.47. The number of hydrogen-bond acceptors (Lipinski definition) is 5. The highest BCUT2D eigenvalue weighted by molar-refractivity contribution is 7.89. The molecule has 7 nitrogen and oxygen atoms in total. The highest BCUT2D eigenvalue weighted by atomic mass is 32.2. The van der Waals surface area contributed by atoms with Crippen LogP contribution in [0.1, 0.15) is 50.6 Å². The van der Waals surface area contributed by atoms with E-state index < -0.39 is 21.9 Å². The second-order valence-electron chi connectivity index (χ2n) is 7.91. The van der Waals surface area contributed by atoms with Crippen LogP contribution in [0.25, 0.3) is 0 Å². The summed E-state index contributed by atoms with van der Waals surface area (Å²) in [5.74, 6) is -0.886. The monoisotopic (exact) mass is 438 g/mol. The van der Waals surface area contributed by atoms with Crippen molar-refractivity contribution in [2.75, 3.05) is 12.4 Å². The number of ether oxygens (including phenoxy) is 1. The number of halogens is 1. The first-order valence-electron chi connectivity index (χ1n) is 10.1. The first-order valence-corrected chi connectivity index (χ1v) is 11.8. The van der Waals surface area contributed by atoms with E-state index in [1.165, 1.54) is 6.07 Å². The van der Waals surface area contributed by atoms with E-state index in [1.54, 1.807) is 31.2 Å². The predicted octanol–water partition coefficient (Wildman–Crippen LogP) is 2.59. The molecule has 1 saturated heterocycles. The maximum absolute atomic E-state index is 13.9. The lowest BCUT2D eigenvalue weighted by Crippen LogP contribution is -2.29. The van der Waals surface area contributed by atoms with Crippen LogP contribution in [-0.2, 0) is 19.6 Å². The topological polar surface area (TPSA) is 102 Å². The van der Waals surface area contributed by atoms with Crippen LogP contribution in [0, 0.1) is 17.7 Å². The molecule has 2 N–H and O–H groups in total. The molecule has 1 aliphatic heterocycles. The van der Waals surface area contributed by atoms with Crippen LogP contribution in [0.4, 0.5) is 4.39 Å². The number of imide groups is 1. The van der Waals surface area contributed by atoms with Crippen molar-refractivity contribution < 1.29 is 27.1 Å². The van der Waals surface area contributed by atoms with Gasteiger partial charge in [0.1, 0.15) is 0 Å². The molecule has 3 rings (SSSR count). The number of hydrogen-bond donors (Lipinski definition) is 2. The third kappa shape index (κ3) is 6.63. The van der Waals surface area contributed by atoms with Crippen molar-refractivity contribution in [2.45, 2.75) is 45.1 Å². The van der Waals surface area contributed by atoms with Crippen molar-refractivity contribution in [3.63, 3.8) is 0 Å². The van der Waals surface area contributed by atoms with Crippen LogP contribution in [0.3, 0.4) is 0 Å². The van der Waals surface area contributed by atoms with E-state index in [0.29, 0.717) is 24.5 Å². The van der Waals surface area contributed by atoms with E-state index in [-0.39, 0.29) is 42.1 Å². The summed E-state index contributed by atoms with van der Waals surface area (Å²) in [5.41, 5.74) is 0.623. The largest absolute Gasteiger partial charge is 0.490 e. The Balaban J connectivity index is 1.47. The van der Waals surface area contributed by atoms with Gasteiger partial charge in [0, 0.05) is 12.5 Å². The second kappa shape index (κ2) is 9.70. The molecule has 0 aromatic heterocycles. The fourth-order valence-electron chi connectivity index (χ4n) is 3.19. The molecule has 2 atom stereocenters. The zero-order valence-electron chi connectivity index (χ0n) is 16.9. The molecular formula is C21H27FN2O5S. The van der Waals surface area contributed by atoms with Crippen molar-refractivity contribution in [3.8, 4) is 5.75 Å². The van der Waals surface area contributed by atoms with E-state index in [2.05, 4.69) is 10.0 Å². The Morgan fingerprint density at radius 1 is 1.30 bits per heavy atom. The number of allylic oxidation sites excluding steroid dienone is 2. The summed E-state index contributed by atoms with van der Waals surface area (Å²) in [4.78, 5) is 22.6. The summed E-state index contributed by atoms with van der Waals surface area (Å²) in [6, 6.07) is 3.84. The predicted molar refractivity (Wildman–Crippen MR) is 110 cm³/mol. The van der Waals surface area contributed by atoms with E-state index in [9.17, 15) is 22.4 Å². The zero-order valence-corrected chi connectivity index (χ0v) is 17.7. The molecule has 2 fully saturated rings. The van der Waals surface area contributed by atoms with Gasteiger partial charge < -0.3 is 4.74 Å². The quantitative estimate of drug-likeness (QED) is 0.409. The normalized spacial score (nSPS) is 20.5. The Hall–Kier alpha value is -2.26. The molecule has 9 heteroatoms. The summed E-state index contributed by atoms with van der Waals surface area (Å²) in [7, 11) is -3.56. The molecule has 0 bridgehead atoms. The van der Waals surface area contributed by atoms with Gasteiger partial charge in [-0.2, -0.15) is 0 Å². The number of rotatable bonds is 11. The van der Waals surface area contributed by atoms with Crippen LogP contribution in [-0.4, -0.2) is 32.6 Å². The van der Waals surface area contributed by atoms with Gasteiger partial charge in [-0.15, -0.1) is 0 Å². The smallest absolute Gasteiger partial charge is 0.230 e. The molecule has 1 heterocycles. The van der Waals surface area contributed by atoms with Crippen LogP contribution in [0.5, 0.6) is 5.75 Å². The molecule has 1 aliphatic carbocycles. The number of benzene rings is 1. The van der Waals surface area contributed by atoms with Gasteiger partial charge in [-0.25, -0.2) is 17.5 Å². The minimum absolute atomic E-state index is 0.115. The molecule has 2 amide bonds. The Labute approximate surface area is 176 Å². The van der Waals surface area contributed by atoms with Crippen molar-refractivity contribution >= 4 is 21.8 Å². The van der Waals surface area contributed by atoms with Crippen molar-refractivity contribution in [1.29, 1.82) is 0 Å². The van der Waals surface area contributed by atoms with Gasteiger partial charge in [0.25, 0.3) is 0 Å². The Morgan fingerprint density at radius 3 is 2.73 bits per heavy atom. The first-order chi connectivity index (χ1) is 14.2. The molecule has 2 aliphatic rings. The Bertz CT molecular complexity index is 927.